The van der Waals surface area contributed by atoms with Crippen LogP contribution in [-0.2, 0) is 0 Å². The highest BCUT2D eigenvalue weighted by Crippen LogP contribution is 2.55. The van der Waals surface area contributed by atoms with Crippen LogP contribution in [0.15, 0.2) is 255 Å². The summed E-state index contributed by atoms with van der Waals surface area (Å²) < 4.78 is 0. The van der Waals surface area contributed by atoms with Crippen LogP contribution in [0, 0.1) is 0 Å². The van der Waals surface area contributed by atoms with Crippen molar-refractivity contribution < 1.29 is 0 Å². The van der Waals surface area contributed by atoms with Crippen LogP contribution in [0.2, 0.25) is 0 Å². The first-order valence-electron chi connectivity index (χ1n) is 18.7. The molecule has 0 bridgehead atoms. The molecule has 0 radical (unpaired) electrons. The molecule has 0 aliphatic carbocycles. The fraction of sp³-hybridized carbons (Fsp3) is 0. The van der Waals surface area contributed by atoms with E-state index in [0.29, 0.717) is 0 Å². The zero-order valence-corrected chi connectivity index (χ0v) is 31.2. The van der Waals surface area contributed by atoms with Crippen molar-refractivity contribution in [2.45, 2.75) is 0 Å². The molecule has 9 rings (SSSR count). The second-order valence-corrected chi connectivity index (χ2v) is 17.1. The Hall–Kier alpha value is -6.27. The Morgan fingerprint density at radius 3 is 0.870 bits per heavy atom. The summed E-state index contributed by atoms with van der Waals surface area (Å²) >= 11 is 0. The molecule has 0 saturated heterocycles. The lowest BCUT2D eigenvalue weighted by Crippen LogP contribution is -2.74. The Morgan fingerprint density at radius 1 is 0.241 bits per heavy atom. The van der Waals surface area contributed by atoms with E-state index in [0.717, 1.165) is 0 Å². The highest BCUT2D eigenvalue weighted by molar-refractivity contribution is 8.01. The fourth-order valence-corrected chi connectivity index (χ4v) is 12.9. The van der Waals surface area contributed by atoms with Crippen molar-refractivity contribution in [2.24, 2.45) is 0 Å². The van der Waals surface area contributed by atoms with Gasteiger partial charge in [-0.25, -0.2) is 0 Å². The summed E-state index contributed by atoms with van der Waals surface area (Å²) in [6.07, 6.45) is -1.22. The number of hydrogen-bond acceptors (Lipinski definition) is 0. The van der Waals surface area contributed by atoms with Crippen LogP contribution < -0.4 is 43.1 Å². The zero-order valence-electron chi connectivity index (χ0n) is 30.3. The molecule has 0 spiro atoms. The van der Waals surface area contributed by atoms with Gasteiger partial charge in [0.25, 0.3) is 0 Å². The van der Waals surface area contributed by atoms with E-state index in [4.69, 9.17) is 0 Å². The van der Waals surface area contributed by atoms with Crippen molar-refractivity contribution >= 4 is 67.3 Å². The van der Waals surface area contributed by atoms with Gasteiger partial charge >= 0.3 is 0 Å². The quantitative estimate of drug-likeness (QED) is 0.110. The summed E-state index contributed by atoms with van der Waals surface area (Å²) in [6.45, 7) is 0. The Bertz CT molecular complexity index is 2240. The van der Waals surface area contributed by atoms with Crippen molar-refractivity contribution in [3.63, 3.8) is 0 Å². The smallest absolute Gasteiger partial charge is 0.144 e. The summed E-state index contributed by atoms with van der Waals surface area (Å²) in [7, 11) is -2.05. The van der Waals surface area contributed by atoms with Gasteiger partial charge in [0.2, 0.25) is 0 Å². The molecule has 0 atom stereocenters. The maximum atomic E-state index is 2.34. The van der Waals surface area contributed by atoms with Crippen LogP contribution in [0.5, 0.6) is 0 Å². The van der Waals surface area contributed by atoms with Gasteiger partial charge in [0.15, 0.2) is 0 Å². The summed E-state index contributed by atoms with van der Waals surface area (Å²) in [4.78, 5) is 0. The highest BCUT2D eigenvalue weighted by atomic mass is 31.2. The van der Waals surface area contributed by atoms with E-state index >= 15 is 0 Å². The van der Waals surface area contributed by atoms with Gasteiger partial charge in [0.1, 0.15) is 34.6 Å². The van der Waals surface area contributed by atoms with E-state index in [1.54, 1.807) is 0 Å². The fourth-order valence-electron chi connectivity index (χ4n) is 8.44. The summed E-state index contributed by atoms with van der Waals surface area (Å²) in [5.41, 5.74) is 5.36. The molecular formula is C52H42BP. The van der Waals surface area contributed by atoms with Gasteiger partial charge < -0.3 is 0 Å². The van der Waals surface area contributed by atoms with Gasteiger partial charge in [-0.05, 0) is 47.9 Å². The number of fused-ring (bicyclic) bond motifs is 1. The van der Waals surface area contributed by atoms with Crippen LogP contribution >= 0.6 is 7.26 Å². The molecule has 258 valence electrons. The minimum absolute atomic E-state index is 1.22. The van der Waals surface area contributed by atoms with Crippen molar-refractivity contribution in [3.05, 3.63) is 255 Å². The standard InChI is InChI=1S/C28H22P.C24H20B/c1-4-15-24(16-5-1)29(25-17-6-2-7-18-25,26-19-8-3-9-20-26)28-22-12-14-23-13-10-11-21-27(23)28;1-5-13-21(14-6-1)25(22-15-7-2-8-16-22,23-17-9-3-10-18-23)24-19-11-4-12-20-24/h1-22H;1-20H/q+1;-1. The topological polar surface area (TPSA) is 0 Å². The van der Waals surface area contributed by atoms with Gasteiger partial charge in [-0.15, -0.1) is 0 Å². The molecule has 0 aromatic heterocycles. The second-order valence-electron chi connectivity index (χ2n) is 13.7. The monoisotopic (exact) mass is 708 g/mol. The minimum Gasteiger partial charge on any atom is -0.195 e. The van der Waals surface area contributed by atoms with Gasteiger partial charge in [-0.3, -0.25) is 0 Å². The van der Waals surface area contributed by atoms with Crippen molar-refractivity contribution in [3.8, 4) is 0 Å². The van der Waals surface area contributed by atoms with E-state index in [-0.39, 0.29) is 0 Å². The predicted molar refractivity (Wildman–Crippen MR) is 239 cm³/mol. The molecule has 0 fully saturated rings. The lowest BCUT2D eigenvalue weighted by Gasteiger charge is -2.44. The Labute approximate surface area is 320 Å². The molecule has 0 N–H and O–H groups in total. The minimum atomic E-state index is -2.05. The molecule has 2 heteroatoms. The molecule has 0 saturated carbocycles. The van der Waals surface area contributed by atoms with Crippen LogP contribution in [0.1, 0.15) is 0 Å². The third-order valence-electron chi connectivity index (χ3n) is 10.8. The van der Waals surface area contributed by atoms with Crippen LogP contribution in [0.4, 0.5) is 0 Å². The van der Waals surface area contributed by atoms with E-state index in [9.17, 15) is 0 Å². The SMILES string of the molecule is c1ccc([B-](c2ccccc2)(c2ccccc2)c2ccccc2)cc1.c1ccc([P+](c2ccccc2)(c2ccccc2)c2cccc3ccccc23)cc1. The maximum Gasteiger partial charge on any atom is 0.144 e. The summed E-state index contributed by atoms with van der Waals surface area (Å²) in [5, 5.41) is 8.19. The van der Waals surface area contributed by atoms with E-state index in [2.05, 4.69) is 255 Å². The van der Waals surface area contributed by atoms with Gasteiger partial charge in [0.05, 0.1) is 0 Å². The maximum absolute atomic E-state index is 2.34. The molecule has 0 aliphatic heterocycles. The average Bonchev–Trinajstić information content (AvgIpc) is 3.27. The highest BCUT2D eigenvalue weighted by Gasteiger charge is 2.48. The Morgan fingerprint density at radius 2 is 0.519 bits per heavy atom. The van der Waals surface area contributed by atoms with Gasteiger partial charge in [-0.2, -0.15) is 21.9 Å². The molecule has 9 aromatic carbocycles. The molecule has 0 amide bonds. The van der Waals surface area contributed by atoms with Gasteiger partial charge in [-0.1, -0.05) is 212 Å². The third-order valence-corrected chi connectivity index (χ3v) is 15.1. The number of benzene rings is 9. The van der Waals surface area contributed by atoms with E-state index < -0.39 is 13.4 Å². The Kier molecular flexibility index (Phi) is 10.4. The van der Waals surface area contributed by atoms with Crippen molar-refractivity contribution in [1.29, 1.82) is 0 Å². The molecule has 0 unspecified atom stereocenters. The van der Waals surface area contributed by atoms with Gasteiger partial charge in [0, 0.05) is 5.39 Å². The number of hydrogen-bond donors (Lipinski definition) is 0. The largest absolute Gasteiger partial charge is 0.195 e. The lowest BCUT2D eigenvalue weighted by molar-refractivity contribution is 1.66. The second kappa shape index (κ2) is 16.2. The third kappa shape index (κ3) is 6.49. The molecule has 0 nitrogen and oxygen atoms in total. The lowest BCUT2D eigenvalue weighted by atomic mass is 9.13. The average molecular weight is 709 g/mol. The zero-order chi connectivity index (χ0) is 36.5. The first-order valence-corrected chi connectivity index (χ1v) is 20.5. The predicted octanol–water partition coefficient (Wildman–Crippen LogP) is 8.52. The van der Waals surface area contributed by atoms with Crippen LogP contribution in [0.25, 0.3) is 10.8 Å². The van der Waals surface area contributed by atoms with Crippen molar-refractivity contribution in [2.75, 3.05) is 0 Å². The van der Waals surface area contributed by atoms with Crippen LogP contribution in [-0.4, -0.2) is 6.15 Å². The molecular weight excluding hydrogens is 666 g/mol. The first-order chi connectivity index (χ1) is 26.8. The van der Waals surface area contributed by atoms with Crippen LogP contribution in [0.3, 0.4) is 0 Å². The van der Waals surface area contributed by atoms with E-state index in [1.807, 2.05) is 0 Å². The Balaban J connectivity index is 0.000000155. The first kappa shape index (κ1) is 34.8. The molecule has 54 heavy (non-hydrogen) atoms. The van der Waals surface area contributed by atoms with Crippen molar-refractivity contribution in [1.82, 2.24) is 0 Å². The normalized spacial score (nSPS) is 11.3. The summed E-state index contributed by atoms with van der Waals surface area (Å²) in [6, 6.07) is 92.2. The van der Waals surface area contributed by atoms with E-state index in [1.165, 1.54) is 53.8 Å². The number of rotatable bonds is 8. The summed E-state index contributed by atoms with van der Waals surface area (Å²) in [5.74, 6) is 0. The molecule has 0 heterocycles. The molecule has 9 aromatic rings. The molecule has 0 aliphatic rings.